The SMILES string of the molecule is CC(CCCC(F)(F)F)Nc1cccnc1Cl. The van der Waals surface area contributed by atoms with Crippen LogP contribution in [0.1, 0.15) is 26.2 Å². The van der Waals surface area contributed by atoms with Crippen LogP contribution in [0.4, 0.5) is 18.9 Å². The van der Waals surface area contributed by atoms with E-state index in [1.807, 2.05) is 6.92 Å². The lowest BCUT2D eigenvalue weighted by atomic mass is 10.1. The molecule has 0 bridgehead atoms. The van der Waals surface area contributed by atoms with E-state index in [1.165, 1.54) is 0 Å². The van der Waals surface area contributed by atoms with Crippen LogP contribution in [0.5, 0.6) is 0 Å². The number of aromatic nitrogens is 1. The quantitative estimate of drug-likeness (QED) is 0.805. The monoisotopic (exact) mass is 266 g/mol. The molecule has 0 fully saturated rings. The van der Waals surface area contributed by atoms with Gasteiger partial charge in [-0.15, -0.1) is 0 Å². The molecule has 0 radical (unpaired) electrons. The summed E-state index contributed by atoms with van der Waals surface area (Å²) in [6, 6.07) is 3.39. The molecule has 0 aliphatic carbocycles. The van der Waals surface area contributed by atoms with Gasteiger partial charge in [-0.3, -0.25) is 0 Å². The van der Waals surface area contributed by atoms with E-state index in [9.17, 15) is 13.2 Å². The molecule has 0 amide bonds. The standard InChI is InChI=1S/C11H14ClF3N2/c1-8(4-2-6-11(13,14)15)17-9-5-3-7-16-10(9)12/h3,5,7-8,17H,2,4,6H2,1H3. The molecule has 96 valence electrons. The Morgan fingerprint density at radius 3 is 2.76 bits per heavy atom. The Kier molecular flexibility index (Phi) is 5.05. The molecule has 0 aromatic carbocycles. The van der Waals surface area contributed by atoms with Crippen LogP contribution in [-0.4, -0.2) is 17.2 Å². The maximum Gasteiger partial charge on any atom is 0.389 e. The number of nitrogens with zero attached hydrogens (tertiary/aromatic N) is 1. The van der Waals surface area contributed by atoms with Crippen LogP contribution in [0.3, 0.4) is 0 Å². The first-order chi connectivity index (χ1) is 7.88. The predicted molar refractivity (Wildman–Crippen MR) is 62.2 cm³/mol. The van der Waals surface area contributed by atoms with Crippen molar-refractivity contribution in [1.82, 2.24) is 4.98 Å². The number of hydrogen-bond donors (Lipinski definition) is 1. The summed E-state index contributed by atoms with van der Waals surface area (Å²) in [7, 11) is 0. The van der Waals surface area contributed by atoms with Gasteiger partial charge in [0.2, 0.25) is 0 Å². The van der Waals surface area contributed by atoms with Crippen LogP contribution in [0.15, 0.2) is 18.3 Å². The van der Waals surface area contributed by atoms with Gasteiger partial charge in [0.1, 0.15) is 0 Å². The number of nitrogens with one attached hydrogen (secondary N) is 1. The molecule has 1 aromatic heterocycles. The molecule has 1 heterocycles. The molecular weight excluding hydrogens is 253 g/mol. The molecule has 1 rings (SSSR count). The van der Waals surface area contributed by atoms with E-state index >= 15 is 0 Å². The number of rotatable bonds is 5. The zero-order valence-corrected chi connectivity index (χ0v) is 10.1. The summed E-state index contributed by atoms with van der Waals surface area (Å²) >= 11 is 5.82. The molecule has 6 heteroatoms. The van der Waals surface area contributed by atoms with Crippen LogP contribution in [-0.2, 0) is 0 Å². The van der Waals surface area contributed by atoms with Crippen molar-refractivity contribution >= 4 is 17.3 Å². The fourth-order valence-corrected chi connectivity index (χ4v) is 1.61. The van der Waals surface area contributed by atoms with Gasteiger partial charge < -0.3 is 5.32 Å². The highest BCUT2D eigenvalue weighted by molar-refractivity contribution is 6.31. The molecule has 0 spiro atoms. The first-order valence-corrected chi connectivity index (χ1v) is 5.70. The molecule has 0 saturated heterocycles. The van der Waals surface area contributed by atoms with E-state index in [0.29, 0.717) is 17.3 Å². The van der Waals surface area contributed by atoms with Crippen molar-refractivity contribution in [2.24, 2.45) is 0 Å². The third-order valence-electron chi connectivity index (χ3n) is 2.26. The molecule has 1 aromatic rings. The lowest BCUT2D eigenvalue weighted by Crippen LogP contribution is -2.17. The van der Waals surface area contributed by atoms with Crippen LogP contribution in [0.25, 0.3) is 0 Å². The van der Waals surface area contributed by atoms with Crippen molar-refractivity contribution in [1.29, 1.82) is 0 Å². The van der Waals surface area contributed by atoms with E-state index in [-0.39, 0.29) is 12.5 Å². The molecule has 1 N–H and O–H groups in total. The van der Waals surface area contributed by atoms with E-state index in [0.717, 1.165) is 0 Å². The number of pyridine rings is 1. The van der Waals surface area contributed by atoms with Crippen LogP contribution >= 0.6 is 11.6 Å². The number of anilines is 1. The van der Waals surface area contributed by atoms with Crippen LogP contribution in [0, 0.1) is 0 Å². The molecule has 17 heavy (non-hydrogen) atoms. The Morgan fingerprint density at radius 2 is 2.18 bits per heavy atom. The van der Waals surface area contributed by atoms with Crippen molar-refractivity contribution in [3.8, 4) is 0 Å². The minimum atomic E-state index is -4.08. The van der Waals surface area contributed by atoms with Crippen LogP contribution < -0.4 is 5.32 Å². The molecule has 0 saturated carbocycles. The summed E-state index contributed by atoms with van der Waals surface area (Å²) in [5.41, 5.74) is 0.647. The molecule has 2 nitrogen and oxygen atoms in total. The molecule has 1 atom stereocenters. The topological polar surface area (TPSA) is 24.9 Å². The lowest BCUT2D eigenvalue weighted by molar-refractivity contribution is -0.135. The zero-order valence-electron chi connectivity index (χ0n) is 9.39. The van der Waals surface area contributed by atoms with Crippen molar-refractivity contribution in [3.63, 3.8) is 0 Å². The van der Waals surface area contributed by atoms with Gasteiger partial charge in [-0.2, -0.15) is 13.2 Å². The fourth-order valence-electron chi connectivity index (χ4n) is 1.44. The van der Waals surface area contributed by atoms with Gasteiger partial charge in [-0.1, -0.05) is 11.6 Å². The first-order valence-electron chi connectivity index (χ1n) is 5.32. The average molecular weight is 267 g/mol. The van der Waals surface area contributed by atoms with Gasteiger partial charge in [0.05, 0.1) is 5.69 Å². The molecule has 0 aliphatic heterocycles. The number of alkyl halides is 3. The van der Waals surface area contributed by atoms with Gasteiger partial charge in [-0.05, 0) is 31.9 Å². The van der Waals surface area contributed by atoms with Gasteiger partial charge in [-0.25, -0.2) is 4.98 Å². The van der Waals surface area contributed by atoms with E-state index in [2.05, 4.69) is 10.3 Å². The lowest BCUT2D eigenvalue weighted by Gasteiger charge is -2.16. The smallest absolute Gasteiger partial charge is 0.380 e. The molecular formula is C11H14ClF3N2. The first kappa shape index (κ1) is 14.1. The van der Waals surface area contributed by atoms with Gasteiger partial charge in [0, 0.05) is 18.7 Å². The summed E-state index contributed by atoms with van der Waals surface area (Å²) in [5, 5.41) is 3.36. The average Bonchev–Trinajstić information content (AvgIpc) is 2.19. The Hall–Kier alpha value is -0.970. The minimum Gasteiger partial charge on any atom is -0.380 e. The highest BCUT2D eigenvalue weighted by Gasteiger charge is 2.26. The summed E-state index contributed by atoms with van der Waals surface area (Å²) in [5.74, 6) is 0. The Bertz CT molecular complexity index is 355. The molecule has 1 unspecified atom stereocenters. The second-order valence-electron chi connectivity index (χ2n) is 3.89. The summed E-state index contributed by atoms with van der Waals surface area (Å²) in [6.45, 7) is 1.82. The second kappa shape index (κ2) is 6.10. The summed E-state index contributed by atoms with van der Waals surface area (Å²) < 4.78 is 35.8. The normalized spacial score (nSPS) is 13.5. The van der Waals surface area contributed by atoms with Crippen LogP contribution in [0.2, 0.25) is 5.15 Å². The van der Waals surface area contributed by atoms with E-state index < -0.39 is 12.6 Å². The van der Waals surface area contributed by atoms with Gasteiger partial charge in [0.15, 0.2) is 5.15 Å². The maximum atomic E-state index is 11.9. The van der Waals surface area contributed by atoms with E-state index in [1.54, 1.807) is 18.3 Å². The predicted octanol–water partition coefficient (Wildman–Crippen LogP) is 4.27. The number of hydrogen-bond acceptors (Lipinski definition) is 2. The Balaban J connectivity index is 2.35. The van der Waals surface area contributed by atoms with Gasteiger partial charge in [0.25, 0.3) is 0 Å². The highest BCUT2D eigenvalue weighted by atomic mass is 35.5. The third-order valence-corrected chi connectivity index (χ3v) is 2.56. The van der Waals surface area contributed by atoms with Crippen molar-refractivity contribution in [2.45, 2.75) is 38.4 Å². The Labute approximate surface area is 103 Å². The summed E-state index contributed by atoms with van der Waals surface area (Å²) in [4.78, 5) is 3.87. The Morgan fingerprint density at radius 1 is 1.47 bits per heavy atom. The largest absolute Gasteiger partial charge is 0.389 e. The van der Waals surface area contributed by atoms with Crippen molar-refractivity contribution < 1.29 is 13.2 Å². The van der Waals surface area contributed by atoms with Crippen molar-refractivity contribution in [2.75, 3.05) is 5.32 Å². The zero-order chi connectivity index (χ0) is 12.9. The van der Waals surface area contributed by atoms with Gasteiger partial charge >= 0.3 is 6.18 Å². The van der Waals surface area contributed by atoms with Crippen molar-refractivity contribution in [3.05, 3.63) is 23.5 Å². The third kappa shape index (κ3) is 5.77. The molecule has 0 aliphatic rings. The minimum absolute atomic E-state index is 0.0703. The fraction of sp³-hybridized carbons (Fsp3) is 0.545. The second-order valence-corrected chi connectivity index (χ2v) is 4.25. The van der Waals surface area contributed by atoms with E-state index in [4.69, 9.17) is 11.6 Å². The maximum absolute atomic E-state index is 11.9. The summed E-state index contributed by atoms with van der Waals surface area (Å²) in [6.07, 6.45) is -2.73. The number of halogens is 4. The highest BCUT2D eigenvalue weighted by Crippen LogP contribution is 2.24.